The molecule has 5 rings (SSSR count). The number of rotatable bonds is 5. The minimum absolute atomic E-state index is 0.146. The molecule has 0 N–H and O–H groups in total. The summed E-state index contributed by atoms with van der Waals surface area (Å²) >= 11 is 0. The highest BCUT2D eigenvalue weighted by molar-refractivity contribution is 7.89. The number of hydrogen-bond acceptors (Lipinski definition) is 6. The van der Waals surface area contributed by atoms with E-state index in [1.165, 1.54) is 40.7 Å². The van der Waals surface area contributed by atoms with Gasteiger partial charge >= 0.3 is 5.97 Å². The molecule has 178 valence electrons. The lowest BCUT2D eigenvalue weighted by atomic mass is 10.0. The maximum atomic E-state index is 13.1. The first-order valence-corrected chi connectivity index (χ1v) is 12.7. The molecule has 0 atom stereocenters. The third kappa shape index (κ3) is 4.38. The number of aryl methyl sites for hydroxylation is 1. The van der Waals surface area contributed by atoms with Gasteiger partial charge in [-0.2, -0.15) is 4.31 Å². The van der Waals surface area contributed by atoms with Crippen LogP contribution in [0, 0.1) is 6.92 Å². The van der Waals surface area contributed by atoms with E-state index in [0.29, 0.717) is 35.4 Å². The molecule has 4 aromatic rings. The van der Waals surface area contributed by atoms with Crippen LogP contribution in [0.4, 0.5) is 0 Å². The van der Waals surface area contributed by atoms with E-state index in [0.717, 1.165) is 18.4 Å². The van der Waals surface area contributed by atoms with Crippen LogP contribution in [0.1, 0.15) is 29.0 Å². The number of benzene rings is 3. The van der Waals surface area contributed by atoms with Crippen molar-refractivity contribution in [1.29, 1.82) is 0 Å². The van der Waals surface area contributed by atoms with Crippen LogP contribution >= 0.6 is 0 Å². The predicted octanol–water partition coefficient (Wildman–Crippen LogP) is 4.77. The minimum atomic E-state index is -3.56. The highest BCUT2D eigenvalue weighted by atomic mass is 32.2. The Morgan fingerprint density at radius 3 is 2.31 bits per heavy atom. The number of esters is 1. The fourth-order valence-corrected chi connectivity index (χ4v) is 5.81. The number of fused-ring (bicyclic) bond motifs is 1. The van der Waals surface area contributed by atoms with Crippen LogP contribution in [0.3, 0.4) is 0 Å². The van der Waals surface area contributed by atoms with Gasteiger partial charge in [-0.25, -0.2) is 13.2 Å². The first kappa shape index (κ1) is 23.0. The van der Waals surface area contributed by atoms with Gasteiger partial charge in [0, 0.05) is 19.2 Å². The van der Waals surface area contributed by atoms with E-state index in [1.807, 2.05) is 30.3 Å². The van der Waals surface area contributed by atoms with Crippen molar-refractivity contribution in [3.63, 3.8) is 0 Å². The predicted molar refractivity (Wildman–Crippen MR) is 132 cm³/mol. The van der Waals surface area contributed by atoms with E-state index in [1.54, 1.807) is 13.0 Å². The first-order valence-electron chi connectivity index (χ1n) is 11.3. The molecule has 1 aromatic heterocycles. The normalized spacial score (nSPS) is 14.3. The maximum Gasteiger partial charge on any atom is 0.343 e. The molecular weight excluding hydrogens is 466 g/mol. The number of ether oxygens (including phenoxy) is 1. The van der Waals surface area contributed by atoms with Crippen LogP contribution in [0.15, 0.2) is 86.9 Å². The van der Waals surface area contributed by atoms with E-state index < -0.39 is 16.0 Å². The Hall–Kier alpha value is -3.75. The van der Waals surface area contributed by atoms with Crippen LogP contribution in [-0.4, -0.2) is 31.8 Å². The fourth-order valence-electron chi connectivity index (χ4n) is 4.29. The Balaban J connectivity index is 1.38. The van der Waals surface area contributed by atoms with Crippen molar-refractivity contribution in [1.82, 2.24) is 4.31 Å². The molecule has 0 spiro atoms. The molecule has 1 fully saturated rings. The Morgan fingerprint density at radius 1 is 0.943 bits per heavy atom. The summed E-state index contributed by atoms with van der Waals surface area (Å²) in [6.45, 7) is 2.74. The summed E-state index contributed by atoms with van der Waals surface area (Å²) in [5.41, 5.74) is 1.62. The van der Waals surface area contributed by atoms with Crippen LogP contribution < -0.4 is 10.2 Å². The largest absolute Gasteiger partial charge is 0.460 e. The number of sulfonamides is 1. The summed E-state index contributed by atoms with van der Waals surface area (Å²) in [7, 11) is -3.56. The molecule has 0 saturated carbocycles. The van der Waals surface area contributed by atoms with Crippen LogP contribution in [0.2, 0.25) is 0 Å². The van der Waals surface area contributed by atoms with Gasteiger partial charge in [0.05, 0.1) is 21.4 Å². The third-order valence-corrected chi connectivity index (χ3v) is 8.02. The van der Waals surface area contributed by atoms with E-state index in [2.05, 4.69) is 0 Å². The molecule has 35 heavy (non-hydrogen) atoms. The molecule has 0 radical (unpaired) electrons. The Bertz CT molecular complexity index is 1570. The van der Waals surface area contributed by atoms with Gasteiger partial charge in [0.2, 0.25) is 15.5 Å². The SMILES string of the molecule is Cc1oc2cc(OC(=O)c3ccc(S(=O)(=O)N4CCCC4)cc3)ccc2c(=O)c1-c1ccccc1. The van der Waals surface area contributed by atoms with Crippen LogP contribution in [0.25, 0.3) is 22.1 Å². The molecule has 2 heterocycles. The number of nitrogens with zero attached hydrogens (tertiary/aromatic N) is 1. The monoisotopic (exact) mass is 489 g/mol. The lowest BCUT2D eigenvalue weighted by Gasteiger charge is -2.15. The average Bonchev–Trinajstić information content (AvgIpc) is 3.41. The maximum absolute atomic E-state index is 13.1. The quantitative estimate of drug-likeness (QED) is 0.296. The van der Waals surface area contributed by atoms with Gasteiger partial charge in [-0.15, -0.1) is 0 Å². The first-order chi connectivity index (χ1) is 16.8. The zero-order valence-corrected chi connectivity index (χ0v) is 19.9. The molecule has 1 saturated heterocycles. The number of carbonyl (C=O) groups is 1. The molecule has 0 amide bonds. The van der Waals surface area contributed by atoms with Gasteiger partial charge in [-0.3, -0.25) is 4.79 Å². The van der Waals surface area contributed by atoms with Crippen LogP contribution in [0.5, 0.6) is 5.75 Å². The summed E-state index contributed by atoms with van der Waals surface area (Å²) < 4.78 is 38.2. The van der Waals surface area contributed by atoms with Gasteiger partial charge < -0.3 is 9.15 Å². The van der Waals surface area contributed by atoms with Crippen molar-refractivity contribution < 1.29 is 22.4 Å². The summed E-state index contributed by atoms with van der Waals surface area (Å²) in [5.74, 6) is 0.0349. The lowest BCUT2D eigenvalue weighted by Crippen LogP contribution is -2.27. The van der Waals surface area contributed by atoms with Gasteiger partial charge in [-0.1, -0.05) is 30.3 Å². The lowest BCUT2D eigenvalue weighted by molar-refractivity contribution is 0.0735. The number of carbonyl (C=O) groups excluding carboxylic acids is 1. The van der Waals surface area contributed by atoms with Crippen molar-refractivity contribution >= 4 is 27.0 Å². The van der Waals surface area contributed by atoms with E-state index in [9.17, 15) is 18.0 Å². The molecule has 0 aliphatic carbocycles. The number of hydrogen-bond donors (Lipinski definition) is 0. The smallest absolute Gasteiger partial charge is 0.343 e. The molecule has 0 unspecified atom stereocenters. The molecular formula is C27H23NO6S. The van der Waals surface area contributed by atoms with Gasteiger partial charge in [-0.05, 0) is 61.7 Å². The van der Waals surface area contributed by atoms with Crippen molar-refractivity contribution in [2.75, 3.05) is 13.1 Å². The summed E-state index contributed by atoms with van der Waals surface area (Å²) in [6, 6.07) is 19.6. The second kappa shape index (κ2) is 9.13. The van der Waals surface area contributed by atoms with E-state index in [4.69, 9.17) is 9.15 Å². The molecule has 0 bridgehead atoms. The fraction of sp³-hybridized carbons (Fsp3) is 0.185. The van der Waals surface area contributed by atoms with Crippen molar-refractivity contribution in [3.8, 4) is 16.9 Å². The Morgan fingerprint density at radius 2 is 1.63 bits per heavy atom. The van der Waals surface area contributed by atoms with E-state index in [-0.39, 0.29) is 21.6 Å². The van der Waals surface area contributed by atoms with Gasteiger partial charge in [0.1, 0.15) is 17.1 Å². The molecule has 1 aliphatic heterocycles. The topological polar surface area (TPSA) is 93.9 Å². The Labute approximate surface area is 202 Å². The van der Waals surface area contributed by atoms with Crippen LogP contribution in [-0.2, 0) is 10.0 Å². The molecule has 3 aromatic carbocycles. The standard InChI is InChI=1S/C27H23NO6S/c1-18-25(19-7-3-2-4-8-19)26(29)23-14-11-21(17-24(23)33-18)34-27(30)20-9-12-22(13-10-20)35(31,32)28-15-5-6-16-28/h2-4,7-14,17H,5-6,15-16H2,1H3. The summed E-state index contributed by atoms with van der Waals surface area (Å²) in [4.78, 5) is 25.9. The third-order valence-electron chi connectivity index (χ3n) is 6.11. The van der Waals surface area contributed by atoms with Crippen molar-refractivity contribution in [2.45, 2.75) is 24.7 Å². The molecule has 8 heteroatoms. The highest BCUT2D eigenvalue weighted by Gasteiger charge is 2.27. The molecule has 7 nitrogen and oxygen atoms in total. The van der Waals surface area contributed by atoms with Crippen molar-refractivity contribution in [2.24, 2.45) is 0 Å². The van der Waals surface area contributed by atoms with E-state index >= 15 is 0 Å². The van der Waals surface area contributed by atoms with Crippen molar-refractivity contribution in [3.05, 3.63) is 94.3 Å². The van der Waals surface area contributed by atoms with Gasteiger partial charge in [0.25, 0.3) is 0 Å². The zero-order chi connectivity index (χ0) is 24.6. The second-order valence-corrected chi connectivity index (χ2v) is 10.3. The average molecular weight is 490 g/mol. The second-order valence-electron chi connectivity index (χ2n) is 8.41. The summed E-state index contributed by atoms with van der Waals surface area (Å²) in [6.07, 6.45) is 1.70. The zero-order valence-electron chi connectivity index (χ0n) is 19.1. The van der Waals surface area contributed by atoms with Gasteiger partial charge in [0.15, 0.2) is 0 Å². The summed E-state index contributed by atoms with van der Waals surface area (Å²) in [5, 5.41) is 0.380. The Kier molecular flexibility index (Phi) is 6.00. The highest BCUT2D eigenvalue weighted by Crippen LogP contribution is 2.27. The molecule has 1 aliphatic rings. The minimum Gasteiger partial charge on any atom is -0.460 e.